The SMILES string of the molecule is CC(C)CC(=O)N[C@@H](CCC(N)=O)C(=O)N[C@@H]1C(=O)N[C@@H](CC(C)C)C(=O)NC(C)CC[C@H](O)N(C=O)[C@@H](Cc2ccccc2)C(=O)N(C)[C@@H](Cc2ccc(O)cc2)C(=O)N[C@@H](C(C)C)C(=O)O[C@@H]1C. The number of hydrogen-bond donors (Lipinski definition) is 8. The van der Waals surface area contributed by atoms with E-state index in [-0.39, 0.29) is 69.0 Å². The first-order valence-electron chi connectivity index (χ1n) is 23.9. The molecule has 1 heterocycles. The van der Waals surface area contributed by atoms with Gasteiger partial charge in [-0.3, -0.25) is 38.4 Å². The largest absolute Gasteiger partial charge is 0.508 e. The molecule has 0 bridgehead atoms. The molecule has 8 amide bonds. The first-order chi connectivity index (χ1) is 32.9. The molecule has 1 unspecified atom stereocenters. The number of nitrogens with one attached hydrogen (secondary N) is 5. The van der Waals surface area contributed by atoms with E-state index in [0.717, 1.165) is 9.80 Å². The minimum atomic E-state index is -1.72. The molecule has 3 rings (SSSR count). The van der Waals surface area contributed by atoms with E-state index >= 15 is 0 Å². The molecule has 9 atom stereocenters. The highest BCUT2D eigenvalue weighted by atomic mass is 16.5. The number of esters is 1. The van der Waals surface area contributed by atoms with Crippen molar-refractivity contribution in [1.82, 2.24) is 36.4 Å². The molecule has 1 aliphatic heterocycles. The summed E-state index contributed by atoms with van der Waals surface area (Å²) >= 11 is 0. The number of ether oxygens (including phenoxy) is 1. The highest BCUT2D eigenvalue weighted by molar-refractivity contribution is 5.96. The number of cyclic esters (lactones) is 1. The monoisotopic (exact) mass is 979 g/mol. The highest BCUT2D eigenvalue weighted by Gasteiger charge is 2.41. The van der Waals surface area contributed by atoms with Crippen molar-refractivity contribution in [3.05, 3.63) is 65.7 Å². The van der Waals surface area contributed by atoms with Gasteiger partial charge in [-0.1, -0.05) is 84.0 Å². The lowest BCUT2D eigenvalue weighted by Gasteiger charge is -2.37. The van der Waals surface area contributed by atoms with Crippen LogP contribution in [0.25, 0.3) is 0 Å². The van der Waals surface area contributed by atoms with Crippen LogP contribution in [-0.4, -0.2) is 135 Å². The van der Waals surface area contributed by atoms with Crippen molar-refractivity contribution in [1.29, 1.82) is 0 Å². The molecule has 0 aromatic heterocycles. The Bertz CT molecular complexity index is 2100. The number of likely N-dealkylation sites (N-methyl/N-ethyl adjacent to an activating group) is 1. The van der Waals surface area contributed by atoms with Crippen LogP contribution in [0, 0.1) is 17.8 Å². The lowest BCUT2D eigenvalue weighted by molar-refractivity contribution is -0.158. The molecule has 9 N–H and O–H groups in total. The van der Waals surface area contributed by atoms with Crippen LogP contribution in [0.5, 0.6) is 5.75 Å². The van der Waals surface area contributed by atoms with Gasteiger partial charge >= 0.3 is 5.97 Å². The average Bonchev–Trinajstić information content (AvgIpc) is 3.28. The zero-order valence-electron chi connectivity index (χ0n) is 41.8. The van der Waals surface area contributed by atoms with Crippen LogP contribution in [-0.2, 0) is 60.7 Å². The van der Waals surface area contributed by atoms with Crippen LogP contribution in [0.2, 0.25) is 0 Å². The van der Waals surface area contributed by atoms with E-state index in [1.165, 1.54) is 26.1 Å². The quantitative estimate of drug-likeness (QED) is 0.0874. The molecule has 20 heteroatoms. The van der Waals surface area contributed by atoms with Crippen LogP contribution in [0.4, 0.5) is 0 Å². The Hall–Kier alpha value is -6.57. The fraction of sp³-hybridized carbons (Fsp3) is 0.580. The second-order valence-corrected chi connectivity index (χ2v) is 19.3. The van der Waals surface area contributed by atoms with Gasteiger partial charge in [-0.25, -0.2) is 4.79 Å². The van der Waals surface area contributed by atoms with E-state index in [1.54, 1.807) is 77.1 Å². The van der Waals surface area contributed by atoms with Crippen molar-refractivity contribution in [3.63, 3.8) is 0 Å². The number of carbonyl (C=O) groups is 9. The first kappa shape index (κ1) is 57.7. The number of hydrogen-bond acceptors (Lipinski definition) is 12. The van der Waals surface area contributed by atoms with Gasteiger partial charge in [0.1, 0.15) is 54.3 Å². The van der Waals surface area contributed by atoms with Crippen molar-refractivity contribution in [2.45, 2.75) is 161 Å². The zero-order chi connectivity index (χ0) is 52.4. The van der Waals surface area contributed by atoms with E-state index < -0.39 is 108 Å². The number of aliphatic hydroxyl groups is 1. The van der Waals surface area contributed by atoms with Crippen LogP contribution >= 0.6 is 0 Å². The van der Waals surface area contributed by atoms with Crippen molar-refractivity contribution < 1.29 is 58.1 Å². The van der Waals surface area contributed by atoms with Gasteiger partial charge in [0.15, 0.2) is 0 Å². The maximum Gasteiger partial charge on any atom is 0.329 e. The number of phenolic OH excluding ortho intramolecular Hbond substituents is 1. The van der Waals surface area contributed by atoms with Gasteiger partial charge in [0, 0.05) is 38.8 Å². The molecule has 0 saturated carbocycles. The summed E-state index contributed by atoms with van der Waals surface area (Å²) in [6, 6.07) is 5.59. The summed E-state index contributed by atoms with van der Waals surface area (Å²) in [7, 11) is 1.36. The van der Waals surface area contributed by atoms with Gasteiger partial charge in [0.2, 0.25) is 47.8 Å². The molecule has 1 fully saturated rings. The van der Waals surface area contributed by atoms with Crippen molar-refractivity contribution in [2.75, 3.05) is 7.05 Å². The van der Waals surface area contributed by atoms with Gasteiger partial charge in [0.05, 0.1) is 0 Å². The Morgan fingerprint density at radius 3 is 2.01 bits per heavy atom. The predicted octanol–water partition coefficient (Wildman–Crippen LogP) is 1.33. The Balaban J connectivity index is 2.21. The molecule has 0 radical (unpaired) electrons. The fourth-order valence-corrected chi connectivity index (χ4v) is 7.99. The summed E-state index contributed by atoms with van der Waals surface area (Å²) in [5.74, 6) is -7.33. The molecule has 386 valence electrons. The number of nitrogens with two attached hydrogens (primary N) is 1. The van der Waals surface area contributed by atoms with E-state index in [2.05, 4.69) is 26.6 Å². The fourth-order valence-electron chi connectivity index (χ4n) is 7.99. The molecule has 1 saturated heterocycles. The second-order valence-electron chi connectivity index (χ2n) is 19.3. The van der Waals surface area contributed by atoms with E-state index in [9.17, 15) is 53.4 Å². The van der Waals surface area contributed by atoms with E-state index in [1.807, 2.05) is 13.8 Å². The normalized spacial score (nSPS) is 24.2. The topological polar surface area (TPSA) is 296 Å². The number of carbonyl (C=O) groups excluding carboxylic acids is 9. The van der Waals surface area contributed by atoms with Gasteiger partial charge in [-0.15, -0.1) is 0 Å². The number of aromatic hydroxyl groups is 1. The lowest BCUT2D eigenvalue weighted by atomic mass is 9.98. The number of nitrogens with zero attached hydrogens (tertiary/aromatic N) is 2. The third kappa shape index (κ3) is 18.1. The highest BCUT2D eigenvalue weighted by Crippen LogP contribution is 2.21. The predicted molar refractivity (Wildman–Crippen MR) is 259 cm³/mol. The summed E-state index contributed by atoms with van der Waals surface area (Å²) in [5, 5.41) is 35.1. The number of benzene rings is 2. The smallest absolute Gasteiger partial charge is 0.329 e. The lowest BCUT2D eigenvalue weighted by Crippen LogP contribution is -2.61. The number of phenols is 1. The number of primary amides is 1. The Morgan fingerprint density at radius 2 is 1.44 bits per heavy atom. The zero-order valence-corrected chi connectivity index (χ0v) is 41.8. The Kier molecular flexibility index (Phi) is 22.7. The third-order valence-corrected chi connectivity index (χ3v) is 11.9. The molecular formula is C50H74N8O12. The molecule has 20 nitrogen and oxygen atoms in total. The maximum absolute atomic E-state index is 14.8. The molecule has 0 spiro atoms. The number of aliphatic hydroxyl groups excluding tert-OH is 1. The minimum absolute atomic E-state index is 0.0350. The Labute approximate surface area is 410 Å². The average molecular weight is 979 g/mol. The van der Waals surface area contributed by atoms with Crippen LogP contribution < -0.4 is 32.3 Å². The summed E-state index contributed by atoms with van der Waals surface area (Å²) in [4.78, 5) is 126. The minimum Gasteiger partial charge on any atom is -0.508 e. The van der Waals surface area contributed by atoms with Crippen LogP contribution in [0.1, 0.15) is 105 Å². The van der Waals surface area contributed by atoms with Gasteiger partial charge in [0.25, 0.3) is 0 Å². The Morgan fingerprint density at radius 1 is 0.829 bits per heavy atom. The van der Waals surface area contributed by atoms with E-state index in [4.69, 9.17) is 10.5 Å². The molecule has 1 aliphatic rings. The van der Waals surface area contributed by atoms with Gasteiger partial charge in [-0.2, -0.15) is 0 Å². The molecular weight excluding hydrogens is 905 g/mol. The number of rotatable bonds is 16. The van der Waals surface area contributed by atoms with Gasteiger partial charge < -0.3 is 57.1 Å². The summed E-state index contributed by atoms with van der Waals surface area (Å²) in [6.45, 7) is 13.4. The third-order valence-electron chi connectivity index (χ3n) is 11.9. The van der Waals surface area contributed by atoms with Crippen molar-refractivity contribution >= 4 is 53.7 Å². The second kappa shape index (κ2) is 27.6. The molecule has 70 heavy (non-hydrogen) atoms. The molecule has 2 aromatic rings. The van der Waals surface area contributed by atoms with Crippen molar-refractivity contribution in [3.8, 4) is 5.75 Å². The van der Waals surface area contributed by atoms with Gasteiger partial charge in [-0.05, 0) is 80.5 Å². The summed E-state index contributed by atoms with van der Waals surface area (Å²) < 4.78 is 5.89. The van der Waals surface area contributed by atoms with Crippen molar-refractivity contribution in [2.24, 2.45) is 23.5 Å². The van der Waals surface area contributed by atoms with E-state index in [0.29, 0.717) is 17.5 Å². The summed E-state index contributed by atoms with van der Waals surface area (Å²) in [6.07, 6.45) is -3.34. The standard InChI is InChI=1S/C50H74N8O12/c1-28(2)23-37-46(65)52-31(7)15-22-42(63)58(27-59)39(26-33-13-11-10-12-14-33)49(68)57(9)38(25-34-16-18-35(60)19-17-34)47(66)55-43(30(5)6)50(69)70-32(8)44(48(67)54-37)56-45(64)36(20-21-40(51)61)53-41(62)24-29(3)4/h10-14,16-19,27-32,36-39,42-44,60,63H,15,20-26H2,1-9H3,(H2,51,61)(H,52,65)(H,53,62)(H,54,67)(H,55,66)(H,56,64)/t31?,32-,36+,37+,38+,39+,42+,43+,44+/m1/s1. The molecule has 2 aromatic carbocycles. The van der Waals surface area contributed by atoms with Crippen LogP contribution in [0.15, 0.2) is 54.6 Å². The summed E-state index contributed by atoms with van der Waals surface area (Å²) in [5.41, 5.74) is 6.55. The maximum atomic E-state index is 14.8. The number of amides is 8. The molecule has 0 aliphatic carbocycles. The van der Waals surface area contributed by atoms with Crippen LogP contribution in [0.3, 0.4) is 0 Å². The first-order valence-corrected chi connectivity index (χ1v) is 23.9.